The van der Waals surface area contributed by atoms with Crippen LogP contribution in [0, 0.1) is 0 Å². The second-order valence-electron chi connectivity index (χ2n) is 6.60. The first-order valence-electron chi connectivity index (χ1n) is 9.03. The highest BCUT2D eigenvalue weighted by Gasteiger charge is 2.26. The summed E-state index contributed by atoms with van der Waals surface area (Å²) in [4.78, 5) is 12.9. The molecule has 1 heterocycles. The van der Waals surface area contributed by atoms with Crippen LogP contribution in [0.1, 0.15) is 34.3 Å². The molecule has 3 aromatic carbocycles. The standard InChI is InChI=1S/C23H21NO3/c1-16(24-23(25)19-13-8-14-20-22(19)27-15-26-20)21(17-9-4-2-5-10-17)18-11-6-3-7-12-18/h2-14,16,21H,15H2,1H3,(H,24,25). The van der Waals surface area contributed by atoms with Crippen molar-refractivity contribution in [2.75, 3.05) is 6.79 Å². The zero-order valence-corrected chi connectivity index (χ0v) is 15.1. The molecule has 1 amide bonds. The molecule has 0 aromatic heterocycles. The fraction of sp³-hybridized carbons (Fsp3) is 0.174. The van der Waals surface area contributed by atoms with Crippen molar-refractivity contribution in [3.05, 3.63) is 95.6 Å². The minimum absolute atomic E-state index is 0.0466. The van der Waals surface area contributed by atoms with Crippen molar-refractivity contribution in [2.24, 2.45) is 0 Å². The van der Waals surface area contributed by atoms with Gasteiger partial charge < -0.3 is 14.8 Å². The van der Waals surface area contributed by atoms with Crippen LogP contribution in [0.4, 0.5) is 0 Å². The summed E-state index contributed by atoms with van der Waals surface area (Å²) >= 11 is 0. The lowest BCUT2D eigenvalue weighted by molar-refractivity contribution is 0.0932. The molecule has 0 fully saturated rings. The molecule has 0 saturated heterocycles. The van der Waals surface area contributed by atoms with E-state index in [9.17, 15) is 4.79 Å². The van der Waals surface area contributed by atoms with Gasteiger partial charge in [0, 0.05) is 12.0 Å². The van der Waals surface area contributed by atoms with E-state index in [1.165, 1.54) is 0 Å². The van der Waals surface area contributed by atoms with Crippen LogP contribution in [0.5, 0.6) is 11.5 Å². The summed E-state index contributed by atoms with van der Waals surface area (Å²) in [5.74, 6) is 1.00. The first-order chi connectivity index (χ1) is 13.2. The van der Waals surface area contributed by atoms with Gasteiger partial charge in [-0.25, -0.2) is 0 Å². The average molecular weight is 359 g/mol. The van der Waals surface area contributed by atoms with Crippen LogP contribution >= 0.6 is 0 Å². The van der Waals surface area contributed by atoms with E-state index in [0.717, 1.165) is 11.1 Å². The molecule has 1 aliphatic rings. The van der Waals surface area contributed by atoms with Crippen molar-refractivity contribution in [1.82, 2.24) is 5.32 Å². The largest absolute Gasteiger partial charge is 0.454 e. The summed E-state index contributed by atoms with van der Waals surface area (Å²) in [5, 5.41) is 3.15. The highest BCUT2D eigenvalue weighted by atomic mass is 16.7. The fourth-order valence-corrected chi connectivity index (χ4v) is 3.57. The van der Waals surface area contributed by atoms with Crippen LogP contribution in [-0.2, 0) is 0 Å². The minimum atomic E-state index is -0.165. The van der Waals surface area contributed by atoms with E-state index in [1.807, 2.05) is 43.3 Å². The smallest absolute Gasteiger partial charge is 0.255 e. The number of hydrogen-bond acceptors (Lipinski definition) is 3. The molecule has 4 nitrogen and oxygen atoms in total. The number of nitrogens with one attached hydrogen (secondary N) is 1. The lowest BCUT2D eigenvalue weighted by Gasteiger charge is -2.26. The third kappa shape index (κ3) is 3.51. The maximum atomic E-state index is 12.9. The number of fused-ring (bicyclic) bond motifs is 1. The van der Waals surface area contributed by atoms with E-state index in [2.05, 4.69) is 29.6 Å². The Hall–Kier alpha value is -3.27. The van der Waals surface area contributed by atoms with E-state index in [0.29, 0.717) is 17.1 Å². The molecule has 136 valence electrons. The Bertz CT molecular complexity index is 885. The molecular weight excluding hydrogens is 338 g/mol. The monoisotopic (exact) mass is 359 g/mol. The van der Waals surface area contributed by atoms with Gasteiger partial charge in [0.25, 0.3) is 5.91 Å². The Balaban J connectivity index is 1.62. The summed E-state index contributed by atoms with van der Waals surface area (Å²) in [6.45, 7) is 2.18. The van der Waals surface area contributed by atoms with Gasteiger partial charge in [0.1, 0.15) is 0 Å². The van der Waals surface area contributed by atoms with Gasteiger partial charge in [-0.2, -0.15) is 0 Å². The van der Waals surface area contributed by atoms with Crippen LogP contribution in [0.2, 0.25) is 0 Å². The number of ether oxygens (including phenoxy) is 2. The lowest BCUT2D eigenvalue weighted by atomic mass is 9.85. The van der Waals surface area contributed by atoms with E-state index in [-0.39, 0.29) is 24.7 Å². The summed E-state index contributed by atoms with van der Waals surface area (Å²) < 4.78 is 10.9. The SMILES string of the molecule is CC(NC(=O)c1cccc2c1OCO2)C(c1ccccc1)c1ccccc1. The molecule has 3 aromatic rings. The van der Waals surface area contributed by atoms with Crippen LogP contribution in [0.15, 0.2) is 78.9 Å². The number of hydrogen-bond donors (Lipinski definition) is 1. The highest BCUT2D eigenvalue weighted by molar-refractivity contribution is 5.98. The van der Waals surface area contributed by atoms with Crippen molar-refractivity contribution in [3.8, 4) is 11.5 Å². The molecular formula is C23H21NO3. The van der Waals surface area contributed by atoms with Gasteiger partial charge in [-0.1, -0.05) is 66.7 Å². The van der Waals surface area contributed by atoms with Crippen LogP contribution < -0.4 is 14.8 Å². The summed E-state index contributed by atoms with van der Waals surface area (Å²) in [6, 6.07) is 25.7. The molecule has 1 N–H and O–H groups in total. The Morgan fingerprint density at radius 2 is 1.48 bits per heavy atom. The van der Waals surface area contributed by atoms with Gasteiger partial charge in [-0.15, -0.1) is 0 Å². The maximum Gasteiger partial charge on any atom is 0.255 e. The molecule has 0 bridgehead atoms. The number of para-hydroxylation sites is 1. The predicted octanol–water partition coefficient (Wildman–Crippen LogP) is 4.37. The van der Waals surface area contributed by atoms with E-state index < -0.39 is 0 Å². The third-order valence-electron chi connectivity index (χ3n) is 4.82. The molecule has 0 radical (unpaired) electrons. The zero-order chi connectivity index (χ0) is 18.6. The number of rotatable bonds is 5. The van der Waals surface area contributed by atoms with Crippen LogP contribution in [-0.4, -0.2) is 18.7 Å². The Morgan fingerprint density at radius 3 is 2.11 bits per heavy atom. The minimum Gasteiger partial charge on any atom is -0.454 e. The van der Waals surface area contributed by atoms with Crippen molar-refractivity contribution in [2.45, 2.75) is 18.9 Å². The van der Waals surface area contributed by atoms with Crippen LogP contribution in [0.3, 0.4) is 0 Å². The van der Waals surface area contributed by atoms with Gasteiger partial charge >= 0.3 is 0 Å². The number of benzene rings is 3. The Kier molecular flexibility index (Phi) is 4.79. The van der Waals surface area contributed by atoms with Crippen LogP contribution in [0.25, 0.3) is 0 Å². The Morgan fingerprint density at radius 1 is 0.852 bits per heavy atom. The number of amides is 1. The van der Waals surface area contributed by atoms with Crippen molar-refractivity contribution < 1.29 is 14.3 Å². The number of carbonyl (C=O) groups excluding carboxylic acids is 1. The number of carbonyl (C=O) groups is 1. The maximum absolute atomic E-state index is 12.9. The van der Waals surface area contributed by atoms with Gasteiger partial charge in [0.15, 0.2) is 11.5 Å². The van der Waals surface area contributed by atoms with E-state index >= 15 is 0 Å². The summed E-state index contributed by atoms with van der Waals surface area (Å²) in [6.07, 6.45) is 0. The van der Waals surface area contributed by atoms with E-state index in [4.69, 9.17) is 9.47 Å². The molecule has 4 rings (SSSR count). The quantitative estimate of drug-likeness (QED) is 0.736. The second-order valence-corrected chi connectivity index (χ2v) is 6.60. The summed E-state index contributed by atoms with van der Waals surface area (Å²) in [5.41, 5.74) is 2.82. The van der Waals surface area contributed by atoms with Crippen molar-refractivity contribution >= 4 is 5.91 Å². The Labute approximate surface area is 158 Å². The van der Waals surface area contributed by atoms with Gasteiger partial charge in [0.2, 0.25) is 6.79 Å². The lowest BCUT2D eigenvalue weighted by Crippen LogP contribution is -2.37. The normalized spacial score (nSPS) is 13.4. The predicted molar refractivity (Wildman–Crippen MR) is 104 cm³/mol. The zero-order valence-electron chi connectivity index (χ0n) is 15.1. The van der Waals surface area contributed by atoms with Crippen molar-refractivity contribution in [1.29, 1.82) is 0 Å². The van der Waals surface area contributed by atoms with Crippen molar-refractivity contribution in [3.63, 3.8) is 0 Å². The molecule has 4 heteroatoms. The first kappa shape index (κ1) is 17.2. The third-order valence-corrected chi connectivity index (χ3v) is 4.82. The highest BCUT2D eigenvalue weighted by Crippen LogP contribution is 2.35. The second kappa shape index (κ2) is 7.54. The molecule has 1 unspecified atom stereocenters. The molecule has 1 atom stereocenters. The summed E-state index contributed by atoms with van der Waals surface area (Å²) in [7, 11) is 0. The van der Waals surface area contributed by atoms with Gasteiger partial charge in [0.05, 0.1) is 5.56 Å². The topological polar surface area (TPSA) is 47.6 Å². The van der Waals surface area contributed by atoms with Gasteiger partial charge in [-0.3, -0.25) is 4.79 Å². The molecule has 1 aliphatic heterocycles. The molecule has 0 aliphatic carbocycles. The molecule has 0 saturated carbocycles. The molecule has 27 heavy (non-hydrogen) atoms. The first-order valence-corrected chi connectivity index (χ1v) is 9.03. The average Bonchev–Trinajstić information content (AvgIpc) is 3.18. The molecule has 0 spiro atoms. The fourth-order valence-electron chi connectivity index (χ4n) is 3.57. The van der Waals surface area contributed by atoms with E-state index in [1.54, 1.807) is 18.2 Å². The van der Waals surface area contributed by atoms with Gasteiger partial charge in [-0.05, 0) is 30.2 Å².